The molecule has 12 N–H and O–H groups in total. The lowest BCUT2D eigenvalue weighted by atomic mass is 10.00. The zero-order chi connectivity index (χ0) is 28.7. The van der Waals surface area contributed by atoms with Gasteiger partial charge in [0.1, 0.15) is 18.1 Å². The van der Waals surface area contributed by atoms with Gasteiger partial charge in [-0.25, -0.2) is 4.79 Å². The van der Waals surface area contributed by atoms with Crippen molar-refractivity contribution in [2.45, 2.75) is 90.4 Å². The van der Waals surface area contributed by atoms with Gasteiger partial charge >= 0.3 is 5.97 Å². The number of nitrogens with two attached hydrogens (primary N) is 4. The standard InChI is InChI=1S/C23H44N8O6/c1-12(2)10-14(24)19(33)31-17(11-13(3)4)21(35)29-15(7-8-18(25)32)20(34)30-16(22(36)37)6-5-9-28-23(26)27/h12-17H,5-11,24H2,1-4H3,(H2,25,32)(H,29,35)(H,30,34)(H,31,33)(H,36,37)(H4,26,27,28). The summed E-state index contributed by atoms with van der Waals surface area (Å²) < 4.78 is 0. The average molecular weight is 529 g/mol. The van der Waals surface area contributed by atoms with Crippen LogP contribution in [0.4, 0.5) is 0 Å². The van der Waals surface area contributed by atoms with Crippen LogP contribution in [0, 0.1) is 11.8 Å². The Balaban J connectivity index is 5.55. The Hall–Kier alpha value is -3.42. The number of carboxylic acid groups (broad SMARTS) is 1. The minimum atomic E-state index is -1.29. The molecule has 0 rings (SSSR count). The molecule has 0 aliphatic rings. The van der Waals surface area contributed by atoms with Crippen molar-refractivity contribution in [3.05, 3.63) is 0 Å². The summed E-state index contributed by atoms with van der Waals surface area (Å²) in [4.78, 5) is 65.3. The second kappa shape index (κ2) is 17.1. The Kier molecular flexibility index (Phi) is 15.5. The maximum atomic E-state index is 13.1. The molecule has 212 valence electrons. The molecule has 0 aromatic rings. The van der Waals surface area contributed by atoms with Gasteiger partial charge in [-0.3, -0.25) is 24.2 Å². The van der Waals surface area contributed by atoms with E-state index in [0.29, 0.717) is 6.42 Å². The van der Waals surface area contributed by atoms with Crippen molar-refractivity contribution in [1.29, 1.82) is 0 Å². The lowest BCUT2D eigenvalue weighted by molar-refractivity contribution is -0.142. The molecule has 37 heavy (non-hydrogen) atoms. The first-order valence-corrected chi connectivity index (χ1v) is 12.4. The van der Waals surface area contributed by atoms with Crippen molar-refractivity contribution in [3.8, 4) is 0 Å². The smallest absolute Gasteiger partial charge is 0.326 e. The highest BCUT2D eigenvalue weighted by atomic mass is 16.4. The summed E-state index contributed by atoms with van der Waals surface area (Å²) in [6, 6.07) is -4.36. The van der Waals surface area contributed by atoms with Crippen LogP contribution in [0.1, 0.15) is 66.2 Å². The van der Waals surface area contributed by atoms with Crippen LogP contribution >= 0.6 is 0 Å². The third-order valence-electron chi connectivity index (χ3n) is 5.27. The topological polar surface area (TPSA) is 258 Å². The number of hydrogen-bond acceptors (Lipinski definition) is 7. The Morgan fingerprint density at radius 3 is 1.76 bits per heavy atom. The largest absolute Gasteiger partial charge is 0.480 e. The van der Waals surface area contributed by atoms with Crippen LogP contribution in [0.25, 0.3) is 0 Å². The first kappa shape index (κ1) is 33.6. The number of carbonyl (C=O) groups is 5. The summed E-state index contributed by atoms with van der Waals surface area (Å²) in [6.45, 7) is 7.71. The third-order valence-corrected chi connectivity index (χ3v) is 5.27. The number of guanidine groups is 1. The summed E-state index contributed by atoms with van der Waals surface area (Å²) in [5.74, 6) is -3.93. The Morgan fingerprint density at radius 2 is 1.27 bits per heavy atom. The predicted octanol–water partition coefficient (Wildman–Crippen LogP) is -1.74. The van der Waals surface area contributed by atoms with E-state index in [0.717, 1.165) is 0 Å². The van der Waals surface area contributed by atoms with Crippen molar-refractivity contribution in [2.24, 2.45) is 39.8 Å². The molecule has 0 heterocycles. The van der Waals surface area contributed by atoms with Crippen LogP contribution in [0.15, 0.2) is 4.99 Å². The molecular formula is C23H44N8O6. The number of carboxylic acids is 1. The minimum Gasteiger partial charge on any atom is -0.480 e. The molecule has 0 aliphatic heterocycles. The second-order valence-corrected chi connectivity index (χ2v) is 9.84. The van der Waals surface area contributed by atoms with Gasteiger partial charge in [-0.1, -0.05) is 27.7 Å². The molecule has 0 aromatic heterocycles. The number of rotatable bonds is 18. The highest BCUT2D eigenvalue weighted by Crippen LogP contribution is 2.09. The number of primary amides is 1. The first-order valence-electron chi connectivity index (χ1n) is 12.4. The van der Waals surface area contributed by atoms with Crippen LogP contribution in [0.2, 0.25) is 0 Å². The van der Waals surface area contributed by atoms with Crippen molar-refractivity contribution >= 4 is 35.6 Å². The van der Waals surface area contributed by atoms with Gasteiger partial charge in [0.25, 0.3) is 0 Å². The number of nitrogens with zero attached hydrogens (tertiary/aromatic N) is 1. The van der Waals surface area contributed by atoms with E-state index in [1.165, 1.54) is 0 Å². The van der Waals surface area contributed by atoms with Crippen molar-refractivity contribution in [2.75, 3.05) is 6.54 Å². The number of aliphatic carboxylic acids is 1. The van der Waals surface area contributed by atoms with Crippen molar-refractivity contribution in [1.82, 2.24) is 16.0 Å². The lowest BCUT2D eigenvalue weighted by Crippen LogP contribution is -2.57. The number of carbonyl (C=O) groups excluding carboxylic acids is 4. The Labute approximate surface area is 217 Å². The quantitative estimate of drug-likeness (QED) is 0.0569. The highest BCUT2D eigenvalue weighted by Gasteiger charge is 2.31. The molecule has 4 atom stereocenters. The van der Waals surface area contributed by atoms with Gasteiger partial charge in [0.15, 0.2) is 5.96 Å². The fourth-order valence-electron chi connectivity index (χ4n) is 3.46. The maximum Gasteiger partial charge on any atom is 0.326 e. The summed E-state index contributed by atoms with van der Waals surface area (Å²) in [5, 5.41) is 17.0. The Morgan fingerprint density at radius 1 is 0.757 bits per heavy atom. The Bertz CT molecular complexity index is 813. The van der Waals surface area contributed by atoms with Gasteiger partial charge < -0.3 is 44.0 Å². The van der Waals surface area contributed by atoms with E-state index in [1.807, 2.05) is 27.7 Å². The third kappa shape index (κ3) is 15.3. The molecule has 0 fully saturated rings. The van der Waals surface area contributed by atoms with Crippen molar-refractivity contribution < 1.29 is 29.1 Å². The van der Waals surface area contributed by atoms with E-state index in [9.17, 15) is 29.1 Å². The van der Waals surface area contributed by atoms with Gasteiger partial charge in [0.2, 0.25) is 23.6 Å². The predicted molar refractivity (Wildman–Crippen MR) is 139 cm³/mol. The molecule has 4 unspecified atom stereocenters. The molecule has 0 aromatic carbocycles. The number of hydrogen-bond donors (Lipinski definition) is 8. The van der Waals surface area contributed by atoms with Crippen LogP contribution in [0.5, 0.6) is 0 Å². The van der Waals surface area contributed by atoms with Crippen LogP contribution < -0.4 is 38.9 Å². The van der Waals surface area contributed by atoms with Gasteiger partial charge in [-0.15, -0.1) is 0 Å². The monoisotopic (exact) mass is 528 g/mol. The van der Waals surface area contributed by atoms with Crippen LogP contribution in [0.3, 0.4) is 0 Å². The normalized spacial score (nSPS) is 14.2. The van der Waals surface area contributed by atoms with Gasteiger partial charge in [-0.05, 0) is 43.9 Å². The molecule has 14 heteroatoms. The lowest BCUT2D eigenvalue weighted by Gasteiger charge is -2.26. The summed E-state index contributed by atoms with van der Waals surface area (Å²) in [7, 11) is 0. The summed E-state index contributed by atoms with van der Waals surface area (Å²) >= 11 is 0. The van der Waals surface area contributed by atoms with E-state index in [2.05, 4.69) is 20.9 Å². The SMILES string of the molecule is CC(C)CC(N)C(=O)NC(CC(C)C)C(=O)NC(CCC(N)=O)C(=O)NC(CCCN=C(N)N)C(=O)O. The molecular weight excluding hydrogens is 484 g/mol. The highest BCUT2D eigenvalue weighted by molar-refractivity contribution is 5.94. The molecule has 0 bridgehead atoms. The van der Waals surface area contributed by atoms with E-state index in [-0.39, 0.29) is 56.4 Å². The van der Waals surface area contributed by atoms with E-state index >= 15 is 0 Å². The van der Waals surface area contributed by atoms with E-state index in [4.69, 9.17) is 22.9 Å². The fraction of sp³-hybridized carbons (Fsp3) is 0.739. The second-order valence-electron chi connectivity index (χ2n) is 9.84. The summed E-state index contributed by atoms with van der Waals surface area (Å²) in [6.07, 6.45) is 0.578. The molecule has 0 saturated carbocycles. The number of aliphatic imine (C=N–C) groups is 1. The van der Waals surface area contributed by atoms with Crippen molar-refractivity contribution in [3.63, 3.8) is 0 Å². The molecule has 0 radical (unpaired) electrons. The number of nitrogens with one attached hydrogen (secondary N) is 3. The van der Waals surface area contributed by atoms with E-state index < -0.39 is 53.8 Å². The molecule has 0 saturated heterocycles. The minimum absolute atomic E-state index is 0.0110. The maximum absolute atomic E-state index is 13.1. The zero-order valence-corrected chi connectivity index (χ0v) is 22.2. The molecule has 4 amide bonds. The van der Waals surface area contributed by atoms with E-state index in [1.54, 1.807) is 0 Å². The summed E-state index contributed by atoms with van der Waals surface area (Å²) in [5.41, 5.74) is 21.6. The molecule has 14 nitrogen and oxygen atoms in total. The van der Waals surface area contributed by atoms with Crippen LogP contribution in [-0.4, -0.2) is 71.4 Å². The van der Waals surface area contributed by atoms with Gasteiger partial charge in [0, 0.05) is 13.0 Å². The molecule has 0 aliphatic carbocycles. The molecule has 0 spiro atoms. The van der Waals surface area contributed by atoms with Gasteiger partial charge in [-0.2, -0.15) is 0 Å². The first-order chi connectivity index (χ1) is 17.1. The van der Waals surface area contributed by atoms with Gasteiger partial charge in [0.05, 0.1) is 6.04 Å². The van der Waals surface area contributed by atoms with Crippen LogP contribution in [-0.2, 0) is 24.0 Å². The zero-order valence-electron chi connectivity index (χ0n) is 22.2. The number of amides is 4. The average Bonchev–Trinajstić information content (AvgIpc) is 2.76. The fourth-order valence-corrected chi connectivity index (χ4v) is 3.46.